The number of aromatic nitrogens is 3. The molecule has 0 aliphatic carbocycles. The van der Waals surface area contributed by atoms with Crippen molar-refractivity contribution in [2.75, 3.05) is 0 Å². The summed E-state index contributed by atoms with van der Waals surface area (Å²) in [6.07, 6.45) is 0. The molecule has 84 valence electrons. The lowest BCUT2D eigenvalue weighted by Crippen LogP contribution is -2.09. The monoisotopic (exact) mass is 229 g/mol. The molecule has 0 N–H and O–H groups in total. The van der Waals surface area contributed by atoms with Crippen molar-refractivity contribution in [3.8, 4) is 5.69 Å². The number of para-hydroxylation sites is 1. The van der Waals surface area contributed by atoms with Crippen LogP contribution in [0.5, 0.6) is 0 Å². The third-order valence-electron chi connectivity index (χ3n) is 2.59. The molecule has 0 radical (unpaired) electrons. The Kier molecular flexibility index (Phi) is 1.85. The maximum atomic E-state index is 11.5. The number of rotatable bonds is 1. The van der Waals surface area contributed by atoms with Gasteiger partial charge >= 0.3 is 11.9 Å². The Morgan fingerprint density at radius 1 is 1.18 bits per heavy atom. The molecule has 0 fully saturated rings. The first kappa shape index (κ1) is 9.71. The zero-order chi connectivity index (χ0) is 12.0. The standard InChI is InChI=1S/C11H7N3O3/c1-6-4-2-3-5-7(6)14-9-8(12-13-14)10(15)17-11(9)16/h2-5H,1H3. The van der Waals surface area contributed by atoms with Crippen molar-refractivity contribution in [1.82, 2.24) is 15.0 Å². The lowest BCUT2D eigenvalue weighted by Gasteiger charge is -2.05. The van der Waals surface area contributed by atoms with Gasteiger partial charge in [-0.15, -0.1) is 5.10 Å². The van der Waals surface area contributed by atoms with E-state index in [2.05, 4.69) is 15.0 Å². The number of hydrogen-bond acceptors (Lipinski definition) is 5. The Bertz CT molecular complexity index is 645. The highest BCUT2D eigenvalue weighted by molar-refractivity contribution is 6.12. The van der Waals surface area contributed by atoms with Crippen molar-refractivity contribution >= 4 is 11.9 Å². The van der Waals surface area contributed by atoms with E-state index < -0.39 is 11.9 Å². The lowest BCUT2D eigenvalue weighted by atomic mass is 10.2. The first-order valence-electron chi connectivity index (χ1n) is 4.96. The molecule has 17 heavy (non-hydrogen) atoms. The molecule has 0 atom stereocenters. The second-order valence-electron chi connectivity index (χ2n) is 3.66. The van der Waals surface area contributed by atoms with Crippen molar-refractivity contribution < 1.29 is 14.3 Å². The van der Waals surface area contributed by atoms with E-state index in [1.54, 1.807) is 6.07 Å². The molecule has 0 amide bonds. The minimum absolute atomic E-state index is 0.0294. The van der Waals surface area contributed by atoms with Crippen molar-refractivity contribution in [2.24, 2.45) is 0 Å². The van der Waals surface area contributed by atoms with Gasteiger partial charge in [-0.05, 0) is 18.6 Å². The molecule has 2 aromatic rings. The van der Waals surface area contributed by atoms with Gasteiger partial charge in [-0.25, -0.2) is 14.3 Å². The van der Waals surface area contributed by atoms with Gasteiger partial charge in [0.2, 0.25) is 5.69 Å². The van der Waals surface area contributed by atoms with Gasteiger partial charge in [0.1, 0.15) is 0 Å². The maximum absolute atomic E-state index is 11.5. The van der Waals surface area contributed by atoms with Gasteiger partial charge in [0.25, 0.3) is 0 Å². The second-order valence-corrected chi connectivity index (χ2v) is 3.66. The molecule has 3 rings (SSSR count). The molecule has 0 saturated carbocycles. The number of ether oxygens (including phenoxy) is 1. The first-order valence-corrected chi connectivity index (χ1v) is 4.96. The molecule has 0 saturated heterocycles. The summed E-state index contributed by atoms with van der Waals surface area (Å²) in [7, 11) is 0. The maximum Gasteiger partial charge on any atom is 0.369 e. The summed E-state index contributed by atoms with van der Waals surface area (Å²) in [4.78, 5) is 22.7. The number of cyclic esters (lactones) is 2. The molecular weight excluding hydrogens is 222 g/mol. The Morgan fingerprint density at radius 2 is 1.94 bits per heavy atom. The van der Waals surface area contributed by atoms with Crippen LogP contribution in [0.4, 0.5) is 0 Å². The van der Waals surface area contributed by atoms with Crippen molar-refractivity contribution in [2.45, 2.75) is 6.92 Å². The van der Waals surface area contributed by atoms with E-state index in [-0.39, 0.29) is 11.4 Å². The predicted molar refractivity (Wildman–Crippen MR) is 55.8 cm³/mol. The average molecular weight is 229 g/mol. The average Bonchev–Trinajstić information content (AvgIpc) is 2.83. The third kappa shape index (κ3) is 1.27. The van der Waals surface area contributed by atoms with Crippen LogP contribution in [0.25, 0.3) is 5.69 Å². The van der Waals surface area contributed by atoms with Crippen molar-refractivity contribution in [3.05, 3.63) is 41.2 Å². The molecule has 1 aliphatic rings. The highest BCUT2D eigenvalue weighted by atomic mass is 16.6. The van der Waals surface area contributed by atoms with Gasteiger partial charge in [0.05, 0.1) is 5.69 Å². The Morgan fingerprint density at radius 3 is 2.71 bits per heavy atom. The van der Waals surface area contributed by atoms with Crippen LogP contribution in [0.2, 0.25) is 0 Å². The Hall–Kier alpha value is -2.50. The molecule has 6 heteroatoms. The zero-order valence-corrected chi connectivity index (χ0v) is 8.88. The summed E-state index contributed by atoms with van der Waals surface area (Å²) < 4.78 is 5.80. The summed E-state index contributed by atoms with van der Waals surface area (Å²) in [5, 5.41) is 7.48. The topological polar surface area (TPSA) is 74.1 Å². The van der Waals surface area contributed by atoms with Crippen molar-refractivity contribution in [1.29, 1.82) is 0 Å². The number of carbonyl (C=O) groups excluding carboxylic acids is 2. The van der Waals surface area contributed by atoms with E-state index in [0.29, 0.717) is 5.69 Å². The molecule has 2 heterocycles. The molecule has 1 aliphatic heterocycles. The number of fused-ring (bicyclic) bond motifs is 1. The molecule has 6 nitrogen and oxygen atoms in total. The van der Waals surface area contributed by atoms with E-state index in [0.717, 1.165) is 5.56 Å². The number of carbonyl (C=O) groups is 2. The number of benzene rings is 1. The van der Waals surface area contributed by atoms with Gasteiger partial charge in [0.15, 0.2) is 5.69 Å². The van der Waals surface area contributed by atoms with E-state index >= 15 is 0 Å². The number of esters is 2. The van der Waals surface area contributed by atoms with Crippen LogP contribution in [-0.4, -0.2) is 26.9 Å². The minimum atomic E-state index is -0.746. The molecule has 0 bridgehead atoms. The number of aryl methyl sites for hydroxylation is 1. The first-order chi connectivity index (χ1) is 8.18. The number of hydrogen-bond donors (Lipinski definition) is 0. The Labute approximate surface area is 95.8 Å². The van der Waals surface area contributed by atoms with Crippen LogP contribution in [0.15, 0.2) is 24.3 Å². The van der Waals surface area contributed by atoms with E-state index in [4.69, 9.17) is 0 Å². The van der Waals surface area contributed by atoms with Gasteiger partial charge in [-0.1, -0.05) is 23.4 Å². The predicted octanol–water partition coefficient (Wildman–Crippen LogP) is 0.886. The fourth-order valence-corrected chi connectivity index (χ4v) is 1.75. The van der Waals surface area contributed by atoms with Gasteiger partial charge in [-0.3, -0.25) is 0 Å². The van der Waals surface area contributed by atoms with Crippen LogP contribution in [0.3, 0.4) is 0 Å². The molecule has 0 spiro atoms. The lowest BCUT2D eigenvalue weighted by molar-refractivity contribution is 0.0434. The summed E-state index contributed by atoms with van der Waals surface area (Å²) in [6.45, 7) is 1.88. The summed E-state index contributed by atoms with van der Waals surface area (Å²) in [6, 6.07) is 7.36. The smallest absolute Gasteiger partial charge is 0.369 e. The number of nitrogens with zero attached hydrogens (tertiary/aromatic N) is 3. The van der Waals surface area contributed by atoms with E-state index in [9.17, 15) is 9.59 Å². The highest BCUT2D eigenvalue weighted by Crippen LogP contribution is 2.22. The summed E-state index contributed by atoms with van der Waals surface area (Å²) in [5.41, 5.74) is 1.68. The quantitative estimate of drug-likeness (QED) is 0.536. The third-order valence-corrected chi connectivity index (χ3v) is 2.59. The van der Waals surface area contributed by atoms with Crippen LogP contribution in [0.1, 0.15) is 26.5 Å². The Balaban J connectivity index is 2.25. The summed E-state index contributed by atoms with van der Waals surface area (Å²) in [5.74, 6) is -1.46. The largest absolute Gasteiger partial charge is 0.383 e. The highest BCUT2D eigenvalue weighted by Gasteiger charge is 2.37. The molecule has 1 aromatic carbocycles. The normalized spacial score (nSPS) is 13.7. The van der Waals surface area contributed by atoms with Crippen LogP contribution < -0.4 is 0 Å². The van der Waals surface area contributed by atoms with E-state index in [1.807, 2.05) is 25.1 Å². The van der Waals surface area contributed by atoms with E-state index in [1.165, 1.54) is 4.68 Å². The minimum Gasteiger partial charge on any atom is -0.383 e. The van der Waals surface area contributed by atoms with Crippen LogP contribution >= 0.6 is 0 Å². The van der Waals surface area contributed by atoms with Crippen molar-refractivity contribution in [3.63, 3.8) is 0 Å². The fraction of sp³-hybridized carbons (Fsp3) is 0.0909. The summed E-state index contributed by atoms with van der Waals surface area (Å²) >= 11 is 0. The van der Waals surface area contributed by atoms with Crippen LogP contribution in [0, 0.1) is 6.92 Å². The molecule has 1 aromatic heterocycles. The molecule has 0 unspecified atom stereocenters. The van der Waals surface area contributed by atoms with Gasteiger partial charge < -0.3 is 4.74 Å². The zero-order valence-electron chi connectivity index (χ0n) is 8.88. The van der Waals surface area contributed by atoms with Gasteiger partial charge in [-0.2, -0.15) is 0 Å². The fourth-order valence-electron chi connectivity index (χ4n) is 1.75. The van der Waals surface area contributed by atoms with Gasteiger partial charge in [0, 0.05) is 0 Å². The SMILES string of the molecule is Cc1ccccc1-n1nnc2c1C(=O)OC2=O. The van der Waals surface area contributed by atoms with Crippen LogP contribution in [-0.2, 0) is 4.74 Å². The molecular formula is C11H7N3O3. The second kappa shape index (κ2) is 3.24.